The molecule has 0 radical (unpaired) electrons. The van der Waals surface area contributed by atoms with Gasteiger partial charge in [-0.1, -0.05) is 0 Å². The normalized spacial score (nSPS) is 3.00. The molecule has 0 fully saturated rings. The molecule has 0 rings (SSSR count). The molecule has 42 valence electrons. The fraction of sp³-hybridized carbons (Fsp3) is 0. The summed E-state index contributed by atoms with van der Waals surface area (Å²) in [6.07, 6.45) is 0. The molecule has 0 bridgehead atoms. The Morgan fingerprint density at radius 3 is 1.38 bits per heavy atom. The second-order valence-electron chi connectivity index (χ2n) is 0.283. The third-order valence-corrected chi connectivity index (χ3v) is 0. The minimum atomic E-state index is -3.13. The molecule has 0 saturated carbocycles. The fourth-order valence-electron chi connectivity index (χ4n) is 0. The zero-order valence-electron chi connectivity index (χ0n) is 9.92. The molecule has 0 amide bonds. The zero-order chi connectivity index (χ0) is 3.58. The first-order valence-electron chi connectivity index (χ1n) is 0.651. The van der Waals surface area contributed by atoms with Gasteiger partial charge >= 0.3 is 119 Å². The Kier molecular flexibility index (Phi) is 83.6. The van der Waals surface area contributed by atoms with Gasteiger partial charge < -0.3 is 18.2 Å². The van der Waals surface area contributed by atoms with E-state index in [1.54, 1.807) is 0 Å². The van der Waals surface area contributed by atoms with Crippen LogP contribution in [0.2, 0.25) is 0 Å². The Morgan fingerprint density at radius 2 is 1.38 bits per heavy atom. The predicted molar refractivity (Wildman–Crippen MR) is 44.8 cm³/mol. The van der Waals surface area contributed by atoms with Crippen molar-refractivity contribution in [2.24, 2.45) is 0 Å². The van der Waals surface area contributed by atoms with Crippen LogP contribution in [0.25, 0.3) is 0 Å². The van der Waals surface area contributed by atoms with Crippen molar-refractivity contribution in [3.8, 4) is 0 Å². The van der Waals surface area contributed by atoms with Crippen molar-refractivity contribution < 1.29 is 22.6 Å². The number of rotatable bonds is 0. The van der Waals surface area contributed by atoms with Crippen molar-refractivity contribution >= 4 is 136 Å². The van der Waals surface area contributed by atoms with E-state index in [0.717, 1.165) is 0 Å². The van der Waals surface area contributed by atoms with Gasteiger partial charge in [-0.2, -0.15) is 0 Å². The first-order valence-corrected chi connectivity index (χ1v) is 1.95. The molecule has 0 unspecified atom stereocenters. The third kappa shape index (κ3) is 53.1. The summed E-state index contributed by atoms with van der Waals surface area (Å²) in [5, 5.41) is 0. The van der Waals surface area contributed by atoms with Crippen molar-refractivity contribution in [3.05, 3.63) is 0 Å². The fourth-order valence-corrected chi connectivity index (χ4v) is 0. The van der Waals surface area contributed by atoms with E-state index in [4.69, 9.17) is 14.1 Å². The molecule has 3 nitrogen and oxygen atoms in total. The molecule has 0 aliphatic rings. The molecule has 0 aliphatic carbocycles. The Balaban J connectivity index is -0.000000001000. The van der Waals surface area contributed by atoms with Crippen LogP contribution in [0, 0.1) is 0 Å². The molecule has 8 heteroatoms. The van der Waals surface area contributed by atoms with Gasteiger partial charge in [0, 0.05) is 0 Å². The minimum Gasteiger partial charge on any atom is -1.00 e. The van der Waals surface area contributed by atoms with Crippen molar-refractivity contribution in [3.63, 3.8) is 0 Å². The molecule has 0 aromatic heterocycles. The maximum Gasteiger partial charge on any atom is 2.00 e. The van der Waals surface area contributed by atoms with Crippen molar-refractivity contribution in [2.75, 3.05) is 0 Å². The molecule has 0 aromatic rings. The number of hydrogen-bond acceptors (Lipinski definition) is 1. The molecule has 0 heterocycles. The van der Waals surface area contributed by atoms with Gasteiger partial charge in [0.15, 0.2) is 17.4 Å². The van der Waals surface area contributed by atoms with Crippen LogP contribution in [0.1, 0.15) is 8.56 Å². The topological polar surface area (TPSA) is 57.5 Å². The summed E-state index contributed by atoms with van der Waals surface area (Å²) in [4.78, 5) is 14.3. The molecule has 0 aliphatic heterocycles. The summed E-state index contributed by atoms with van der Waals surface area (Å²) in [6.45, 7) is 0. The Bertz CT molecular complexity index is 56.1. The number of hydrogen-bond donors (Lipinski definition) is 2. The van der Waals surface area contributed by atoms with Crippen molar-refractivity contribution in [2.45, 2.75) is 0 Å². The maximum absolute atomic E-state index is 8.74. The maximum atomic E-state index is 8.74. The second-order valence-corrected chi connectivity index (χ2v) is 0.848. The molecular weight excluding hydrogens is 305 g/mol. The average Bonchev–Trinajstić information content (AvgIpc) is 0.811. The van der Waals surface area contributed by atoms with E-state index in [0.29, 0.717) is 0 Å². The monoisotopic (exact) mass is 316 g/mol. The SMILES string of the molecule is O=[Si](O)O.[AlH3].[Ba+2].[Ca+2].[H-].[H-].[H-].[H-].[H-].[H-].[Mg+2]. The summed E-state index contributed by atoms with van der Waals surface area (Å²) in [5.41, 5.74) is 0. The van der Waals surface area contributed by atoms with Crippen LogP contribution in [-0.2, 0) is 4.46 Å². The first kappa shape index (κ1) is 29.8. The Hall–Kier alpha value is 3.75. The van der Waals surface area contributed by atoms with Gasteiger partial charge in [-0.25, -0.2) is 0 Å². The van der Waals surface area contributed by atoms with Gasteiger partial charge in [-0.15, -0.1) is 0 Å². The first-order chi connectivity index (χ1) is 1.73. The molecular formula is H11AlBaCaMgO3Si. The van der Waals surface area contributed by atoms with Gasteiger partial charge in [-0.3, -0.25) is 4.46 Å². The average molecular weight is 316 g/mol. The van der Waals surface area contributed by atoms with E-state index in [2.05, 4.69) is 0 Å². The van der Waals surface area contributed by atoms with Crippen LogP contribution in [0.4, 0.5) is 0 Å². The van der Waals surface area contributed by atoms with Crippen LogP contribution in [0.15, 0.2) is 0 Å². The van der Waals surface area contributed by atoms with E-state index >= 15 is 0 Å². The largest absolute Gasteiger partial charge is 2.00 e. The van der Waals surface area contributed by atoms with Gasteiger partial charge in [0.25, 0.3) is 0 Å². The minimum absolute atomic E-state index is 0. The summed E-state index contributed by atoms with van der Waals surface area (Å²) < 4.78 is 8.74. The van der Waals surface area contributed by atoms with Gasteiger partial charge in [0.2, 0.25) is 0 Å². The smallest absolute Gasteiger partial charge is 1.00 e. The molecule has 2 N–H and O–H groups in total. The van der Waals surface area contributed by atoms with Crippen molar-refractivity contribution in [1.29, 1.82) is 0 Å². The van der Waals surface area contributed by atoms with Gasteiger partial charge in [0.05, 0.1) is 0 Å². The standard InChI is InChI=1S/Al.Ba.Ca.Mg.H2O3Si.9H/c;;;;1-4(2)3;;;;;;;;;/h;;;;1-2H;;;;;;;;;/q;3*+2;;;;;6*-1. The molecule has 0 aromatic carbocycles. The zero-order valence-corrected chi connectivity index (χ0v) is 13.0. The van der Waals surface area contributed by atoms with Gasteiger partial charge in [-0.05, 0) is 0 Å². The van der Waals surface area contributed by atoms with Crippen molar-refractivity contribution in [1.82, 2.24) is 0 Å². The summed E-state index contributed by atoms with van der Waals surface area (Å²) in [5.74, 6) is 0. The molecule has 0 saturated heterocycles. The van der Waals surface area contributed by atoms with Gasteiger partial charge in [0.1, 0.15) is 0 Å². The Labute approximate surface area is 155 Å². The van der Waals surface area contributed by atoms with Crippen LogP contribution < -0.4 is 0 Å². The summed E-state index contributed by atoms with van der Waals surface area (Å²) in [7, 11) is -3.13. The quantitative estimate of drug-likeness (QED) is 0.461. The van der Waals surface area contributed by atoms with Crippen LogP contribution in [0.3, 0.4) is 0 Å². The molecule has 0 atom stereocenters. The predicted octanol–water partition coefficient (Wildman–Crippen LogP) is -3.26. The van der Waals surface area contributed by atoms with E-state index < -0.39 is 9.17 Å². The van der Waals surface area contributed by atoms with Crippen LogP contribution >= 0.6 is 0 Å². The van der Waals surface area contributed by atoms with E-state index in [-0.39, 0.29) is 136 Å². The second kappa shape index (κ2) is 22.4. The van der Waals surface area contributed by atoms with Crippen LogP contribution in [-0.4, -0.2) is 146 Å². The Morgan fingerprint density at radius 1 is 1.38 bits per heavy atom. The van der Waals surface area contributed by atoms with E-state index in [1.165, 1.54) is 0 Å². The van der Waals surface area contributed by atoms with E-state index in [9.17, 15) is 0 Å². The van der Waals surface area contributed by atoms with E-state index in [1.807, 2.05) is 0 Å². The molecule has 8 heavy (non-hydrogen) atoms. The van der Waals surface area contributed by atoms with Crippen LogP contribution in [0.5, 0.6) is 0 Å². The summed E-state index contributed by atoms with van der Waals surface area (Å²) >= 11 is 0. The summed E-state index contributed by atoms with van der Waals surface area (Å²) in [6, 6.07) is 0. The third-order valence-electron chi connectivity index (χ3n) is 0. The molecule has 0 spiro atoms.